The van der Waals surface area contributed by atoms with E-state index in [0.29, 0.717) is 30.4 Å². The van der Waals surface area contributed by atoms with E-state index in [-0.39, 0.29) is 11.8 Å². The zero-order valence-electron chi connectivity index (χ0n) is 20.7. The summed E-state index contributed by atoms with van der Waals surface area (Å²) in [5, 5.41) is 1.69. The quantitative estimate of drug-likeness (QED) is 0.406. The lowest BCUT2D eigenvalue weighted by Crippen LogP contribution is -2.37. The predicted octanol–water partition coefficient (Wildman–Crippen LogP) is 5.23. The van der Waals surface area contributed by atoms with E-state index in [1.54, 1.807) is 11.1 Å². The molecule has 0 unspecified atom stereocenters. The summed E-state index contributed by atoms with van der Waals surface area (Å²) >= 11 is 0. The standard InChI is InChI=1S/C29H30N2O5/c1-4-17-35-23-16-15-20(18-24(23)34-5-2)26-25-27(36-31(26)21-12-7-6-8-13-21)29(33)30(28(25)32)22-14-10-9-11-19(22)3/h6-16,18,25-27H,4-5,17H2,1-3H3/t25-,26+,27+/m1/s1. The largest absolute Gasteiger partial charge is 0.490 e. The fraction of sp³-hybridized carbons (Fsp3) is 0.310. The van der Waals surface area contributed by atoms with Crippen molar-refractivity contribution < 1.29 is 23.9 Å². The SMILES string of the molecule is CCCOc1ccc([C@H]2[C@H]3C(=O)N(c4ccccc4C)C(=O)[C@H]3ON2c2ccccc2)cc1OCC. The Bertz CT molecular complexity index is 1260. The first-order chi connectivity index (χ1) is 17.5. The maximum Gasteiger partial charge on any atom is 0.266 e. The summed E-state index contributed by atoms with van der Waals surface area (Å²) in [5.41, 5.74) is 3.02. The van der Waals surface area contributed by atoms with Gasteiger partial charge in [0.05, 0.1) is 30.6 Å². The number of hydrogen-bond acceptors (Lipinski definition) is 6. The minimum atomic E-state index is -0.922. The van der Waals surface area contributed by atoms with Crippen molar-refractivity contribution in [1.29, 1.82) is 0 Å². The van der Waals surface area contributed by atoms with Crippen LogP contribution in [0, 0.1) is 12.8 Å². The van der Waals surface area contributed by atoms with Crippen LogP contribution >= 0.6 is 0 Å². The van der Waals surface area contributed by atoms with Crippen LogP contribution in [0.4, 0.5) is 11.4 Å². The second-order valence-corrected chi connectivity index (χ2v) is 8.94. The van der Waals surface area contributed by atoms with Gasteiger partial charge in [0, 0.05) is 0 Å². The van der Waals surface area contributed by atoms with Gasteiger partial charge in [0.1, 0.15) is 5.92 Å². The number of aryl methyl sites for hydroxylation is 1. The molecule has 0 aliphatic carbocycles. The Labute approximate surface area is 211 Å². The second-order valence-electron chi connectivity index (χ2n) is 8.94. The summed E-state index contributed by atoms with van der Waals surface area (Å²) in [6.45, 7) is 6.90. The van der Waals surface area contributed by atoms with Crippen LogP contribution in [0.25, 0.3) is 0 Å². The molecule has 186 valence electrons. The van der Waals surface area contributed by atoms with Crippen LogP contribution in [-0.2, 0) is 14.4 Å². The van der Waals surface area contributed by atoms with E-state index >= 15 is 0 Å². The molecule has 2 amide bonds. The van der Waals surface area contributed by atoms with Crippen molar-refractivity contribution in [2.24, 2.45) is 5.92 Å². The number of nitrogens with zero attached hydrogens (tertiary/aromatic N) is 2. The number of hydrogen-bond donors (Lipinski definition) is 0. The summed E-state index contributed by atoms with van der Waals surface area (Å²) < 4.78 is 11.8. The van der Waals surface area contributed by atoms with E-state index in [0.717, 1.165) is 23.2 Å². The number of fused-ring (bicyclic) bond motifs is 1. The van der Waals surface area contributed by atoms with Gasteiger partial charge in [0.2, 0.25) is 5.91 Å². The average molecular weight is 487 g/mol. The fourth-order valence-electron chi connectivity index (χ4n) is 4.91. The van der Waals surface area contributed by atoms with Gasteiger partial charge >= 0.3 is 0 Å². The molecule has 2 aliphatic rings. The molecule has 0 bridgehead atoms. The van der Waals surface area contributed by atoms with E-state index in [2.05, 4.69) is 0 Å². The van der Waals surface area contributed by atoms with Gasteiger partial charge in [-0.2, -0.15) is 0 Å². The first-order valence-corrected chi connectivity index (χ1v) is 12.4. The molecule has 0 saturated carbocycles. The Morgan fingerprint density at radius 1 is 0.861 bits per heavy atom. The van der Waals surface area contributed by atoms with Crippen LogP contribution in [0.5, 0.6) is 11.5 Å². The van der Waals surface area contributed by atoms with Crippen molar-refractivity contribution >= 4 is 23.2 Å². The highest BCUT2D eigenvalue weighted by Crippen LogP contribution is 2.49. The molecule has 3 atom stereocenters. The van der Waals surface area contributed by atoms with Crippen molar-refractivity contribution in [2.45, 2.75) is 39.3 Å². The van der Waals surface area contributed by atoms with Crippen LogP contribution in [0.2, 0.25) is 0 Å². The number of carbonyl (C=O) groups is 2. The topological polar surface area (TPSA) is 68.3 Å². The third-order valence-electron chi connectivity index (χ3n) is 6.55. The highest BCUT2D eigenvalue weighted by molar-refractivity contribution is 6.24. The average Bonchev–Trinajstić information content (AvgIpc) is 3.40. The number of ether oxygens (including phenoxy) is 2. The lowest BCUT2D eigenvalue weighted by molar-refractivity contribution is -0.126. The highest BCUT2D eigenvalue weighted by Gasteiger charge is 2.60. The number of amides is 2. The van der Waals surface area contributed by atoms with E-state index in [1.165, 1.54) is 4.90 Å². The summed E-state index contributed by atoms with van der Waals surface area (Å²) in [5.74, 6) is -0.0798. The molecule has 2 aliphatic heterocycles. The van der Waals surface area contributed by atoms with Crippen LogP contribution in [0.15, 0.2) is 72.8 Å². The van der Waals surface area contributed by atoms with Crippen LogP contribution < -0.4 is 19.4 Å². The summed E-state index contributed by atoms with van der Waals surface area (Å²) in [4.78, 5) is 35.0. The Kier molecular flexibility index (Phi) is 6.65. The van der Waals surface area contributed by atoms with Gasteiger partial charge in [0.25, 0.3) is 5.91 Å². The lowest BCUT2D eigenvalue weighted by Gasteiger charge is -2.29. The van der Waals surface area contributed by atoms with Gasteiger partial charge in [-0.3, -0.25) is 14.4 Å². The lowest BCUT2D eigenvalue weighted by atomic mass is 9.90. The molecular formula is C29H30N2O5. The first-order valence-electron chi connectivity index (χ1n) is 12.4. The number of benzene rings is 3. The number of imide groups is 1. The van der Waals surface area contributed by atoms with Crippen molar-refractivity contribution in [1.82, 2.24) is 0 Å². The van der Waals surface area contributed by atoms with Gasteiger partial charge < -0.3 is 9.47 Å². The number of rotatable bonds is 8. The monoisotopic (exact) mass is 486 g/mol. The zero-order valence-corrected chi connectivity index (χ0v) is 20.7. The van der Waals surface area contributed by atoms with E-state index < -0.39 is 18.1 Å². The van der Waals surface area contributed by atoms with Gasteiger partial charge in [0.15, 0.2) is 17.6 Å². The molecule has 5 rings (SSSR count). The number of hydroxylamine groups is 1. The fourth-order valence-corrected chi connectivity index (χ4v) is 4.91. The Morgan fingerprint density at radius 3 is 2.33 bits per heavy atom. The molecule has 2 saturated heterocycles. The number of carbonyl (C=O) groups excluding carboxylic acids is 2. The maximum atomic E-state index is 13.9. The smallest absolute Gasteiger partial charge is 0.266 e. The molecular weight excluding hydrogens is 456 g/mol. The van der Waals surface area contributed by atoms with E-state index in [4.69, 9.17) is 14.3 Å². The summed E-state index contributed by atoms with van der Waals surface area (Å²) in [6.07, 6.45) is -0.0467. The third kappa shape index (κ3) is 4.09. The normalized spacial score (nSPS) is 21.1. The first kappa shape index (κ1) is 23.9. The van der Waals surface area contributed by atoms with Crippen molar-refractivity contribution in [3.8, 4) is 11.5 Å². The number of para-hydroxylation sites is 2. The minimum Gasteiger partial charge on any atom is -0.490 e. The van der Waals surface area contributed by atoms with E-state index in [9.17, 15) is 9.59 Å². The zero-order chi connectivity index (χ0) is 25.2. The minimum absolute atomic E-state index is 0.271. The Balaban J connectivity index is 1.59. The van der Waals surface area contributed by atoms with E-state index in [1.807, 2.05) is 87.5 Å². The molecule has 2 fully saturated rings. The predicted molar refractivity (Wildman–Crippen MR) is 137 cm³/mol. The molecule has 0 N–H and O–H groups in total. The maximum absolute atomic E-state index is 13.9. The third-order valence-corrected chi connectivity index (χ3v) is 6.55. The molecule has 36 heavy (non-hydrogen) atoms. The molecule has 7 heteroatoms. The van der Waals surface area contributed by atoms with Gasteiger partial charge in [-0.1, -0.05) is 49.4 Å². The van der Waals surface area contributed by atoms with Gasteiger partial charge in [-0.15, -0.1) is 0 Å². The summed E-state index contributed by atoms with van der Waals surface area (Å²) in [7, 11) is 0. The Morgan fingerprint density at radius 2 is 1.61 bits per heavy atom. The van der Waals surface area contributed by atoms with Crippen LogP contribution in [0.3, 0.4) is 0 Å². The van der Waals surface area contributed by atoms with Gasteiger partial charge in [-0.25, -0.2) is 9.96 Å². The second kappa shape index (κ2) is 10.0. The molecule has 2 heterocycles. The molecule has 0 spiro atoms. The van der Waals surface area contributed by atoms with Crippen molar-refractivity contribution in [3.05, 3.63) is 83.9 Å². The van der Waals surface area contributed by atoms with Crippen LogP contribution in [-0.4, -0.2) is 31.1 Å². The van der Waals surface area contributed by atoms with Crippen molar-refractivity contribution in [3.63, 3.8) is 0 Å². The highest BCUT2D eigenvalue weighted by atomic mass is 16.7. The molecule has 3 aromatic rings. The van der Waals surface area contributed by atoms with Crippen LogP contribution in [0.1, 0.15) is 37.4 Å². The molecule has 0 radical (unpaired) electrons. The molecule has 0 aromatic heterocycles. The Hall–Kier alpha value is -3.84. The molecule has 3 aromatic carbocycles. The number of anilines is 2. The van der Waals surface area contributed by atoms with Gasteiger partial charge in [-0.05, 0) is 61.7 Å². The summed E-state index contributed by atoms with van der Waals surface area (Å²) in [6, 6.07) is 22.1. The van der Waals surface area contributed by atoms with Crippen molar-refractivity contribution in [2.75, 3.05) is 23.2 Å². The molecule has 7 nitrogen and oxygen atoms in total.